The van der Waals surface area contributed by atoms with Crippen LogP contribution in [0.15, 0.2) is 12.3 Å². The van der Waals surface area contributed by atoms with Crippen LogP contribution in [0.1, 0.15) is 23.3 Å². The Morgan fingerprint density at radius 3 is 2.70 bits per heavy atom. The molecule has 2 rings (SSSR count). The molecular formula is C12H17F3N4O. The molecule has 0 spiro atoms. The lowest BCUT2D eigenvalue weighted by atomic mass is 9.97. The van der Waals surface area contributed by atoms with Crippen molar-refractivity contribution in [1.29, 1.82) is 0 Å². The second-order valence-corrected chi connectivity index (χ2v) is 5.02. The number of carbonyl (C=O) groups is 1. The second-order valence-electron chi connectivity index (χ2n) is 5.02. The van der Waals surface area contributed by atoms with E-state index in [2.05, 4.69) is 15.5 Å². The van der Waals surface area contributed by atoms with Crippen LogP contribution in [0.4, 0.5) is 13.2 Å². The minimum atomic E-state index is -4.14. The molecule has 1 amide bonds. The van der Waals surface area contributed by atoms with Gasteiger partial charge in [0.1, 0.15) is 5.69 Å². The number of nitrogens with zero attached hydrogens (tertiary/aromatic N) is 2. The summed E-state index contributed by atoms with van der Waals surface area (Å²) in [6.07, 6.45) is -1.31. The number of hydrogen-bond donors (Lipinski definition) is 2. The molecule has 0 saturated carbocycles. The molecule has 0 aliphatic carbocycles. The minimum Gasteiger partial charge on any atom is -0.350 e. The number of rotatable bonds is 4. The lowest BCUT2D eigenvalue weighted by Crippen LogP contribution is -2.42. The average molecular weight is 290 g/mol. The molecule has 1 aromatic heterocycles. The van der Waals surface area contributed by atoms with Crippen molar-refractivity contribution in [2.24, 2.45) is 5.92 Å². The Bertz CT molecular complexity index is 424. The zero-order valence-corrected chi connectivity index (χ0v) is 10.9. The van der Waals surface area contributed by atoms with Crippen molar-refractivity contribution >= 4 is 5.91 Å². The average Bonchev–Trinajstić information content (AvgIpc) is 2.89. The molecular weight excluding hydrogens is 273 g/mol. The molecule has 112 valence electrons. The molecule has 0 aromatic carbocycles. The summed E-state index contributed by atoms with van der Waals surface area (Å²) in [6, 6.07) is 1.57. The van der Waals surface area contributed by atoms with Gasteiger partial charge in [0.25, 0.3) is 5.91 Å². The van der Waals surface area contributed by atoms with E-state index in [0.717, 1.165) is 0 Å². The van der Waals surface area contributed by atoms with Crippen LogP contribution >= 0.6 is 0 Å². The van der Waals surface area contributed by atoms with Gasteiger partial charge in [0, 0.05) is 12.7 Å². The van der Waals surface area contributed by atoms with Crippen LogP contribution in [0.25, 0.3) is 0 Å². The number of amides is 1. The number of H-pyrrole nitrogens is 1. The third kappa shape index (κ3) is 4.52. The van der Waals surface area contributed by atoms with Crippen molar-refractivity contribution in [1.82, 2.24) is 20.4 Å². The van der Waals surface area contributed by atoms with Crippen molar-refractivity contribution in [2.45, 2.75) is 19.0 Å². The Morgan fingerprint density at radius 2 is 2.15 bits per heavy atom. The molecule has 5 nitrogen and oxygen atoms in total. The molecule has 1 fully saturated rings. The smallest absolute Gasteiger partial charge is 0.350 e. The minimum absolute atomic E-state index is 0.228. The molecule has 0 radical (unpaired) electrons. The van der Waals surface area contributed by atoms with E-state index in [4.69, 9.17) is 0 Å². The maximum Gasteiger partial charge on any atom is 0.401 e. The number of alkyl halides is 3. The molecule has 0 atom stereocenters. The predicted molar refractivity (Wildman–Crippen MR) is 66.1 cm³/mol. The van der Waals surface area contributed by atoms with Crippen molar-refractivity contribution < 1.29 is 18.0 Å². The topological polar surface area (TPSA) is 61.0 Å². The van der Waals surface area contributed by atoms with Gasteiger partial charge >= 0.3 is 6.18 Å². The number of piperidine rings is 1. The monoisotopic (exact) mass is 290 g/mol. The van der Waals surface area contributed by atoms with Crippen LogP contribution in [-0.4, -0.2) is 53.4 Å². The number of hydrogen-bond acceptors (Lipinski definition) is 3. The molecule has 8 heteroatoms. The fourth-order valence-electron chi connectivity index (χ4n) is 2.32. The first-order valence-corrected chi connectivity index (χ1v) is 6.51. The van der Waals surface area contributed by atoms with Crippen LogP contribution in [0.3, 0.4) is 0 Å². The van der Waals surface area contributed by atoms with Crippen LogP contribution in [0.2, 0.25) is 0 Å². The Labute approximate surface area is 114 Å². The Morgan fingerprint density at radius 1 is 1.45 bits per heavy atom. The third-order valence-electron chi connectivity index (χ3n) is 3.41. The zero-order chi connectivity index (χ0) is 14.6. The fraction of sp³-hybridized carbons (Fsp3) is 0.667. The molecule has 1 aromatic rings. The van der Waals surface area contributed by atoms with Crippen LogP contribution in [0, 0.1) is 5.92 Å². The molecule has 0 bridgehead atoms. The van der Waals surface area contributed by atoms with Gasteiger partial charge in [-0.05, 0) is 37.9 Å². The Kier molecular flexibility index (Phi) is 4.64. The van der Waals surface area contributed by atoms with Crippen LogP contribution in [0.5, 0.6) is 0 Å². The van der Waals surface area contributed by atoms with Gasteiger partial charge in [0.2, 0.25) is 0 Å². The second kappa shape index (κ2) is 6.25. The Balaban J connectivity index is 1.68. The third-order valence-corrected chi connectivity index (χ3v) is 3.41. The summed E-state index contributed by atoms with van der Waals surface area (Å²) in [4.78, 5) is 13.1. The molecule has 1 aliphatic heterocycles. The van der Waals surface area contributed by atoms with E-state index in [1.807, 2.05) is 0 Å². The highest BCUT2D eigenvalue weighted by Crippen LogP contribution is 2.22. The molecule has 1 aliphatic rings. The van der Waals surface area contributed by atoms with E-state index in [1.165, 1.54) is 11.1 Å². The number of aromatic nitrogens is 2. The van der Waals surface area contributed by atoms with E-state index in [0.29, 0.717) is 38.2 Å². The lowest BCUT2D eigenvalue weighted by molar-refractivity contribution is -0.148. The van der Waals surface area contributed by atoms with Crippen molar-refractivity contribution in [3.05, 3.63) is 18.0 Å². The van der Waals surface area contributed by atoms with Gasteiger partial charge in [-0.2, -0.15) is 18.3 Å². The highest BCUT2D eigenvalue weighted by molar-refractivity contribution is 5.92. The number of likely N-dealkylation sites (tertiary alicyclic amines) is 1. The first kappa shape index (κ1) is 14.8. The summed E-state index contributed by atoms with van der Waals surface area (Å²) in [6.45, 7) is 0.478. The number of nitrogens with one attached hydrogen (secondary N) is 2. The van der Waals surface area contributed by atoms with Gasteiger partial charge in [-0.25, -0.2) is 0 Å². The normalized spacial score (nSPS) is 18.1. The first-order valence-electron chi connectivity index (χ1n) is 6.51. The predicted octanol–water partition coefficient (Wildman–Crippen LogP) is 1.41. The molecule has 0 unspecified atom stereocenters. The van der Waals surface area contributed by atoms with Crippen molar-refractivity contribution in [3.8, 4) is 0 Å². The van der Waals surface area contributed by atoms with Gasteiger partial charge < -0.3 is 5.32 Å². The molecule has 20 heavy (non-hydrogen) atoms. The van der Waals surface area contributed by atoms with E-state index in [1.54, 1.807) is 6.07 Å². The van der Waals surface area contributed by atoms with Crippen LogP contribution < -0.4 is 5.32 Å². The van der Waals surface area contributed by atoms with Crippen molar-refractivity contribution in [3.63, 3.8) is 0 Å². The summed E-state index contributed by atoms with van der Waals surface area (Å²) in [5.74, 6) is -0.00780. The largest absolute Gasteiger partial charge is 0.401 e. The van der Waals surface area contributed by atoms with Gasteiger partial charge in [0.15, 0.2) is 0 Å². The lowest BCUT2D eigenvalue weighted by Gasteiger charge is -2.32. The van der Waals surface area contributed by atoms with Gasteiger partial charge in [0.05, 0.1) is 6.54 Å². The molecule has 2 N–H and O–H groups in total. The molecule has 2 heterocycles. The number of carbonyl (C=O) groups excluding carboxylic acids is 1. The summed E-state index contributed by atoms with van der Waals surface area (Å²) < 4.78 is 36.7. The standard InChI is InChI=1S/C12H17F3N4O/c13-12(14,15)8-19-5-2-9(3-6-19)7-16-11(20)10-1-4-17-18-10/h1,4,9H,2-3,5-8H2,(H,16,20)(H,17,18). The Hall–Kier alpha value is -1.57. The summed E-state index contributed by atoms with van der Waals surface area (Å²) >= 11 is 0. The van der Waals surface area contributed by atoms with Crippen LogP contribution in [-0.2, 0) is 0 Å². The fourth-order valence-corrected chi connectivity index (χ4v) is 2.32. The SMILES string of the molecule is O=C(NCC1CCN(CC(F)(F)F)CC1)c1ccn[nH]1. The van der Waals surface area contributed by atoms with E-state index >= 15 is 0 Å². The highest BCUT2D eigenvalue weighted by Gasteiger charge is 2.32. The van der Waals surface area contributed by atoms with E-state index in [-0.39, 0.29) is 11.8 Å². The van der Waals surface area contributed by atoms with Gasteiger partial charge in [-0.1, -0.05) is 0 Å². The van der Waals surface area contributed by atoms with Gasteiger partial charge in [-0.3, -0.25) is 14.8 Å². The maximum absolute atomic E-state index is 12.2. The highest BCUT2D eigenvalue weighted by atomic mass is 19.4. The number of aromatic amines is 1. The summed E-state index contributed by atoms with van der Waals surface area (Å²) in [5, 5.41) is 9.01. The van der Waals surface area contributed by atoms with Crippen molar-refractivity contribution in [2.75, 3.05) is 26.2 Å². The summed E-state index contributed by atoms with van der Waals surface area (Å²) in [7, 11) is 0. The van der Waals surface area contributed by atoms with Gasteiger partial charge in [-0.15, -0.1) is 0 Å². The number of halogens is 3. The quantitative estimate of drug-likeness (QED) is 0.881. The first-order chi connectivity index (χ1) is 9.44. The zero-order valence-electron chi connectivity index (χ0n) is 10.9. The summed E-state index contributed by atoms with van der Waals surface area (Å²) in [5.41, 5.74) is 0.388. The molecule has 1 saturated heterocycles. The van der Waals surface area contributed by atoms with E-state index < -0.39 is 12.7 Å². The van der Waals surface area contributed by atoms with E-state index in [9.17, 15) is 18.0 Å². The maximum atomic E-state index is 12.2.